The van der Waals surface area contributed by atoms with Crippen molar-refractivity contribution in [2.45, 2.75) is 64.8 Å². The fourth-order valence-electron chi connectivity index (χ4n) is 5.31. The van der Waals surface area contributed by atoms with Crippen LogP contribution >= 0.6 is 0 Å². The van der Waals surface area contributed by atoms with Crippen molar-refractivity contribution in [3.05, 3.63) is 47.6 Å². The van der Waals surface area contributed by atoms with Crippen molar-refractivity contribution in [1.82, 2.24) is 30.2 Å². The second-order valence-corrected chi connectivity index (χ2v) is 10.2. The van der Waals surface area contributed by atoms with Gasteiger partial charge in [-0.25, -0.2) is 19.9 Å². The number of amides is 1. The van der Waals surface area contributed by atoms with E-state index in [1.165, 1.54) is 25.6 Å². The molecule has 0 atom stereocenters. The van der Waals surface area contributed by atoms with Gasteiger partial charge in [0.1, 0.15) is 17.4 Å². The van der Waals surface area contributed by atoms with Gasteiger partial charge in [-0.3, -0.25) is 4.79 Å². The number of allylic oxidation sites excluding steroid dienone is 3. The van der Waals surface area contributed by atoms with Crippen molar-refractivity contribution in [3.8, 4) is 0 Å². The molecule has 0 unspecified atom stereocenters. The third-order valence-electron chi connectivity index (χ3n) is 7.63. The van der Waals surface area contributed by atoms with E-state index in [1.807, 2.05) is 12.2 Å². The summed E-state index contributed by atoms with van der Waals surface area (Å²) in [6, 6.07) is 0.272. The van der Waals surface area contributed by atoms with Gasteiger partial charge in [-0.1, -0.05) is 38.3 Å². The molecule has 9 nitrogen and oxygen atoms in total. The van der Waals surface area contributed by atoms with Gasteiger partial charge >= 0.3 is 0 Å². The van der Waals surface area contributed by atoms with Crippen LogP contribution < -0.4 is 15.5 Å². The molecule has 3 aliphatic rings. The average molecular weight is 503 g/mol. The van der Waals surface area contributed by atoms with Crippen LogP contribution in [0.1, 0.15) is 58.8 Å². The number of anilines is 2. The van der Waals surface area contributed by atoms with E-state index in [4.69, 9.17) is 4.98 Å². The van der Waals surface area contributed by atoms with Crippen LogP contribution in [0.25, 0.3) is 11.0 Å². The van der Waals surface area contributed by atoms with Gasteiger partial charge in [0.25, 0.3) is 5.91 Å². The van der Waals surface area contributed by atoms with Gasteiger partial charge in [-0.2, -0.15) is 0 Å². The summed E-state index contributed by atoms with van der Waals surface area (Å²) in [4.78, 5) is 36.3. The Morgan fingerprint density at radius 1 is 1.03 bits per heavy atom. The predicted molar refractivity (Wildman–Crippen MR) is 147 cm³/mol. The Hall–Kier alpha value is -3.33. The second kappa shape index (κ2) is 11.8. The van der Waals surface area contributed by atoms with Crippen molar-refractivity contribution in [1.29, 1.82) is 0 Å². The lowest BCUT2D eigenvalue weighted by molar-refractivity contribution is -0.118. The molecule has 0 radical (unpaired) electrons. The van der Waals surface area contributed by atoms with Gasteiger partial charge in [0.15, 0.2) is 5.82 Å². The molecule has 1 saturated carbocycles. The summed E-state index contributed by atoms with van der Waals surface area (Å²) >= 11 is 0. The van der Waals surface area contributed by atoms with Gasteiger partial charge in [0.2, 0.25) is 5.95 Å². The lowest BCUT2D eigenvalue weighted by Gasteiger charge is -2.23. The Morgan fingerprint density at radius 3 is 2.73 bits per heavy atom. The van der Waals surface area contributed by atoms with E-state index >= 15 is 0 Å². The zero-order valence-electron chi connectivity index (χ0n) is 22.0. The molecule has 1 amide bonds. The number of aromatic nitrogens is 4. The largest absolute Gasteiger partial charge is 0.349 e. The maximum atomic E-state index is 13.1. The normalized spacial score (nSPS) is 19.9. The maximum absolute atomic E-state index is 13.1. The lowest BCUT2D eigenvalue weighted by atomic mass is 9.95. The van der Waals surface area contributed by atoms with Crippen LogP contribution in [0.2, 0.25) is 0 Å². The van der Waals surface area contributed by atoms with Crippen LogP contribution in [0.15, 0.2) is 47.6 Å². The summed E-state index contributed by atoms with van der Waals surface area (Å²) in [6.45, 7) is 9.24. The lowest BCUT2D eigenvalue weighted by Crippen LogP contribution is -2.36. The molecule has 5 rings (SSSR count). The molecule has 3 heterocycles. The molecule has 2 aromatic heterocycles. The molecule has 0 aromatic carbocycles. The van der Waals surface area contributed by atoms with Gasteiger partial charge in [0.05, 0.1) is 6.20 Å². The number of hydrogen-bond acceptors (Lipinski definition) is 8. The van der Waals surface area contributed by atoms with Gasteiger partial charge in [-0.05, 0) is 57.3 Å². The van der Waals surface area contributed by atoms with Crippen molar-refractivity contribution >= 4 is 28.7 Å². The van der Waals surface area contributed by atoms with Crippen LogP contribution in [-0.4, -0.2) is 69.5 Å². The minimum Gasteiger partial charge on any atom is -0.349 e. The number of likely N-dealkylation sites (N-methyl/N-ethyl adjacent to an activating group) is 1. The summed E-state index contributed by atoms with van der Waals surface area (Å²) in [7, 11) is 0. The fourth-order valence-corrected chi connectivity index (χ4v) is 5.31. The number of carbonyl (C=O) groups is 1. The molecular weight excluding hydrogens is 464 g/mol. The summed E-state index contributed by atoms with van der Waals surface area (Å²) in [5.74, 6) is 1.32. The molecule has 1 aliphatic heterocycles. The first-order valence-corrected chi connectivity index (χ1v) is 13.7. The summed E-state index contributed by atoms with van der Waals surface area (Å²) in [5.41, 5.74) is 3.95. The highest BCUT2D eigenvalue weighted by Gasteiger charge is 2.20. The van der Waals surface area contributed by atoms with E-state index in [1.54, 1.807) is 6.20 Å². The Balaban J connectivity index is 1.38. The van der Waals surface area contributed by atoms with Crippen molar-refractivity contribution in [3.63, 3.8) is 0 Å². The molecule has 0 bridgehead atoms. The molecule has 196 valence electrons. The first-order valence-electron chi connectivity index (χ1n) is 13.7. The summed E-state index contributed by atoms with van der Waals surface area (Å²) in [5, 5.41) is 6.71. The highest BCUT2D eigenvalue weighted by atomic mass is 16.1. The first kappa shape index (κ1) is 25.3. The molecule has 1 saturated heterocycles. The predicted octanol–water partition coefficient (Wildman–Crippen LogP) is 3.97. The zero-order valence-corrected chi connectivity index (χ0v) is 22.0. The molecule has 2 aliphatic carbocycles. The van der Waals surface area contributed by atoms with Gasteiger partial charge < -0.3 is 20.4 Å². The molecule has 2 fully saturated rings. The Bertz CT molecular complexity index is 1210. The van der Waals surface area contributed by atoms with E-state index in [-0.39, 0.29) is 11.9 Å². The molecule has 2 N–H and O–H groups in total. The van der Waals surface area contributed by atoms with Gasteiger partial charge in [-0.15, -0.1) is 0 Å². The number of rotatable bonds is 6. The van der Waals surface area contributed by atoms with Crippen molar-refractivity contribution in [2.24, 2.45) is 0 Å². The standard InChI is InChI=1S/C28H38N8O/c1-3-35-13-8-14-36(16-15-35)28-29-18-24-25(34-28)26(31-19-30-24)33-23-17-21(10-7-9-20(23)2)27(37)32-22-11-5-4-6-12-22/h9-10,17-19,22H,3-8,11-16H2,1-2H3,(H,32,37)(H,30,31,33). The summed E-state index contributed by atoms with van der Waals surface area (Å²) in [6.07, 6.45) is 16.9. The van der Waals surface area contributed by atoms with E-state index in [9.17, 15) is 4.79 Å². The molecular formula is C28H38N8O. The van der Waals surface area contributed by atoms with Crippen LogP contribution in [-0.2, 0) is 4.79 Å². The average Bonchev–Trinajstić information content (AvgIpc) is 3.28. The molecule has 2 aromatic rings. The monoisotopic (exact) mass is 502 g/mol. The topological polar surface area (TPSA) is 99.2 Å². The van der Waals surface area contributed by atoms with E-state index in [2.05, 4.69) is 55.3 Å². The number of nitrogens with one attached hydrogen (secondary N) is 2. The minimum absolute atomic E-state index is 0.00579. The van der Waals surface area contributed by atoms with Gasteiger partial charge in [0, 0.05) is 36.9 Å². The second-order valence-electron chi connectivity index (χ2n) is 10.2. The first-order chi connectivity index (χ1) is 18.1. The third kappa shape index (κ3) is 6.15. The maximum Gasteiger partial charge on any atom is 0.251 e. The quantitative estimate of drug-likeness (QED) is 0.612. The van der Waals surface area contributed by atoms with E-state index in [0.29, 0.717) is 34.8 Å². The minimum atomic E-state index is -0.00579. The van der Waals surface area contributed by atoms with E-state index < -0.39 is 0 Å². The van der Waals surface area contributed by atoms with E-state index in [0.717, 1.165) is 63.3 Å². The number of fused-ring (bicyclic) bond motifs is 1. The summed E-state index contributed by atoms with van der Waals surface area (Å²) < 4.78 is 0. The van der Waals surface area contributed by atoms with Crippen LogP contribution in [0.5, 0.6) is 0 Å². The number of nitrogens with zero attached hydrogens (tertiary/aromatic N) is 6. The Kier molecular flexibility index (Phi) is 8.08. The molecule has 37 heavy (non-hydrogen) atoms. The number of carbonyl (C=O) groups excluding carboxylic acids is 1. The number of hydrogen-bond donors (Lipinski definition) is 2. The highest BCUT2D eigenvalue weighted by molar-refractivity contribution is 5.97. The Labute approximate surface area is 219 Å². The Morgan fingerprint density at radius 2 is 1.89 bits per heavy atom. The van der Waals surface area contributed by atoms with Crippen LogP contribution in [0, 0.1) is 0 Å². The smallest absolute Gasteiger partial charge is 0.251 e. The molecule has 9 heteroatoms. The van der Waals surface area contributed by atoms with Crippen molar-refractivity contribution in [2.75, 3.05) is 42.9 Å². The van der Waals surface area contributed by atoms with Crippen LogP contribution in [0.4, 0.5) is 11.8 Å². The zero-order chi connectivity index (χ0) is 25.6. The molecule has 0 spiro atoms. The van der Waals surface area contributed by atoms with Crippen molar-refractivity contribution < 1.29 is 4.79 Å². The van der Waals surface area contributed by atoms with Crippen LogP contribution in [0.3, 0.4) is 0 Å². The highest BCUT2D eigenvalue weighted by Crippen LogP contribution is 2.25. The SMILES string of the molecule is CCN1CCCN(c2ncc3ncnc(NC4=CC(C(=O)NC5CCCCC5)=CCC=C4C)c3n2)CC1. The third-order valence-corrected chi connectivity index (χ3v) is 7.63. The fraction of sp³-hybridized carbons (Fsp3) is 0.536.